The molecule has 0 saturated heterocycles. The van der Waals surface area contributed by atoms with Gasteiger partial charge in [0, 0.05) is 5.69 Å². The highest BCUT2D eigenvalue weighted by Crippen LogP contribution is 2.35. The summed E-state index contributed by atoms with van der Waals surface area (Å²) in [6.45, 7) is -1.18. The number of alkyl halides is 1. The lowest BCUT2D eigenvalue weighted by Gasteiger charge is -2.39. The molecule has 0 heterocycles. The van der Waals surface area contributed by atoms with Crippen LogP contribution in [0.25, 0.3) is 0 Å². The fourth-order valence-corrected chi connectivity index (χ4v) is 2.06. The lowest BCUT2D eigenvalue weighted by molar-refractivity contribution is -0.145. The Kier molecular flexibility index (Phi) is 3.69. The fourth-order valence-electron chi connectivity index (χ4n) is 2.06. The highest BCUT2D eigenvalue weighted by molar-refractivity contribution is 5.91. The Morgan fingerprint density at radius 3 is 2.68 bits per heavy atom. The molecule has 1 aromatic rings. The van der Waals surface area contributed by atoms with Crippen molar-refractivity contribution >= 4 is 17.6 Å². The second-order valence-electron chi connectivity index (χ2n) is 4.49. The Bertz CT molecular complexity index is 499. The third kappa shape index (κ3) is 2.67. The Balaban J connectivity index is 2.15. The zero-order chi connectivity index (χ0) is 13.9. The Morgan fingerprint density at radius 1 is 1.42 bits per heavy atom. The van der Waals surface area contributed by atoms with Crippen molar-refractivity contribution in [2.24, 2.45) is 0 Å². The zero-order valence-corrected chi connectivity index (χ0v) is 10.2. The van der Waals surface area contributed by atoms with Crippen molar-refractivity contribution in [1.29, 1.82) is 0 Å². The van der Waals surface area contributed by atoms with Gasteiger partial charge in [0.25, 0.3) is 0 Å². The first-order chi connectivity index (χ1) is 9.07. The molecule has 102 valence electrons. The number of hydrogen-bond acceptors (Lipinski definition) is 4. The third-order valence-corrected chi connectivity index (χ3v) is 3.28. The molecule has 0 aliphatic heterocycles. The third-order valence-electron chi connectivity index (χ3n) is 3.28. The van der Waals surface area contributed by atoms with Gasteiger partial charge >= 0.3 is 11.9 Å². The quantitative estimate of drug-likeness (QED) is 0.800. The molecule has 0 aromatic heterocycles. The number of hydrogen-bond donors (Lipinski definition) is 2. The average Bonchev–Trinajstić information content (AvgIpc) is 2.34. The second-order valence-corrected chi connectivity index (χ2v) is 4.49. The molecule has 1 fully saturated rings. The van der Waals surface area contributed by atoms with E-state index in [9.17, 15) is 19.1 Å². The first-order valence-corrected chi connectivity index (χ1v) is 5.92. The topological polar surface area (TPSA) is 75.6 Å². The number of rotatable bonds is 5. The molecule has 0 bridgehead atoms. The summed E-state index contributed by atoms with van der Waals surface area (Å²) in [6.07, 6.45) is 1.94. The molecule has 2 rings (SSSR count). The van der Waals surface area contributed by atoms with Gasteiger partial charge in [-0.2, -0.15) is 0 Å². The number of nitrogens with one attached hydrogen (secondary N) is 1. The minimum absolute atomic E-state index is 0.183. The first-order valence-electron chi connectivity index (χ1n) is 5.92. The number of benzene rings is 1. The molecule has 1 aliphatic rings. The van der Waals surface area contributed by atoms with Gasteiger partial charge in [-0.1, -0.05) is 6.07 Å². The normalized spacial score (nSPS) is 16.3. The molecule has 19 heavy (non-hydrogen) atoms. The van der Waals surface area contributed by atoms with E-state index in [1.807, 2.05) is 0 Å². The van der Waals surface area contributed by atoms with Crippen molar-refractivity contribution < 1.29 is 23.8 Å². The molecular weight excluding hydrogens is 253 g/mol. The van der Waals surface area contributed by atoms with Gasteiger partial charge in [-0.15, -0.1) is 0 Å². The molecule has 0 spiro atoms. The van der Waals surface area contributed by atoms with Crippen molar-refractivity contribution in [2.45, 2.75) is 24.8 Å². The van der Waals surface area contributed by atoms with Crippen LogP contribution in [0.3, 0.4) is 0 Å². The van der Waals surface area contributed by atoms with E-state index in [4.69, 9.17) is 0 Å². The molecule has 1 aromatic carbocycles. The Morgan fingerprint density at radius 2 is 2.16 bits per heavy atom. The number of ether oxygens (including phenoxy) is 1. The van der Waals surface area contributed by atoms with Crippen molar-refractivity contribution in [3.8, 4) is 0 Å². The maximum atomic E-state index is 11.9. The van der Waals surface area contributed by atoms with Gasteiger partial charge in [0.15, 0.2) is 0 Å². The number of carbonyl (C=O) groups is 2. The van der Waals surface area contributed by atoms with Gasteiger partial charge < -0.3 is 15.2 Å². The van der Waals surface area contributed by atoms with Crippen LogP contribution >= 0.6 is 0 Å². The molecule has 1 aliphatic carbocycles. The summed E-state index contributed by atoms with van der Waals surface area (Å²) in [7, 11) is 0. The molecule has 0 amide bonds. The smallest absolute Gasteiger partial charge is 0.340 e. The lowest BCUT2D eigenvalue weighted by Crippen LogP contribution is -2.52. The number of esters is 1. The molecule has 5 nitrogen and oxygen atoms in total. The molecular formula is C13H14FNO4. The van der Waals surface area contributed by atoms with Crippen molar-refractivity contribution in [2.75, 3.05) is 12.2 Å². The van der Waals surface area contributed by atoms with Crippen LogP contribution in [0, 0.1) is 0 Å². The second kappa shape index (κ2) is 5.26. The largest absolute Gasteiger partial charge is 0.480 e. The SMILES string of the molecule is O=C(OCF)c1cccc(NC2(C(=O)O)CCC2)c1. The van der Waals surface area contributed by atoms with Gasteiger partial charge in [-0.3, -0.25) is 0 Å². The summed E-state index contributed by atoms with van der Waals surface area (Å²) in [5, 5.41) is 12.1. The Labute approximate surface area is 109 Å². The highest BCUT2D eigenvalue weighted by atomic mass is 19.1. The van der Waals surface area contributed by atoms with Gasteiger partial charge in [-0.05, 0) is 37.5 Å². The number of halogens is 1. The van der Waals surface area contributed by atoms with Gasteiger partial charge in [0.2, 0.25) is 6.86 Å². The van der Waals surface area contributed by atoms with Crippen LogP contribution in [0.15, 0.2) is 24.3 Å². The van der Waals surface area contributed by atoms with Gasteiger partial charge in [0.05, 0.1) is 5.56 Å². The van der Waals surface area contributed by atoms with Gasteiger partial charge in [0.1, 0.15) is 5.54 Å². The van der Waals surface area contributed by atoms with Crippen LogP contribution in [0.4, 0.5) is 10.1 Å². The summed E-state index contributed by atoms with van der Waals surface area (Å²) < 4.78 is 16.2. The number of carboxylic acid groups (broad SMARTS) is 1. The number of anilines is 1. The van der Waals surface area contributed by atoms with E-state index in [1.165, 1.54) is 12.1 Å². The highest BCUT2D eigenvalue weighted by Gasteiger charge is 2.44. The van der Waals surface area contributed by atoms with Crippen molar-refractivity contribution in [3.63, 3.8) is 0 Å². The van der Waals surface area contributed by atoms with E-state index in [1.54, 1.807) is 12.1 Å². The summed E-state index contributed by atoms with van der Waals surface area (Å²) in [4.78, 5) is 22.6. The summed E-state index contributed by atoms with van der Waals surface area (Å²) in [5.74, 6) is -1.68. The predicted molar refractivity (Wildman–Crippen MR) is 65.7 cm³/mol. The van der Waals surface area contributed by atoms with Gasteiger partial charge in [-0.25, -0.2) is 14.0 Å². The average molecular weight is 267 g/mol. The minimum Gasteiger partial charge on any atom is -0.480 e. The molecule has 0 unspecified atom stereocenters. The van der Waals surface area contributed by atoms with Crippen LogP contribution in [-0.4, -0.2) is 29.4 Å². The Hall–Kier alpha value is -2.11. The molecule has 0 atom stereocenters. The maximum Gasteiger partial charge on any atom is 0.340 e. The fraction of sp³-hybridized carbons (Fsp3) is 0.385. The summed E-state index contributed by atoms with van der Waals surface area (Å²) in [5.41, 5.74) is -0.263. The van der Waals surface area contributed by atoms with Crippen LogP contribution in [-0.2, 0) is 9.53 Å². The van der Waals surface area contributed by atoms with E-state index in [2.05, 4.69) is 10.1 Å². The molecule has 2 N–H and O–H groups in total. The van der Waals surface area contributed by atoms with Crippen molar-refractivity contribution in [3.05, 3.63) is 29.8 Å². The first kappa shape index (κ1) is 13.3. The number of carboxylic acids is 1. The van der Waals surface area contributed by atoms with Crippen molar-refractivity contribution in [1.82, 2.24) is 0 Å². The number of aliphatic carboxylic acids is 1. The standard InChI is InChI=1S/C13H14FNO4/c14-8-19-11(16)9-3-1-4-10(7-9)15-13(12(17)18)5-2-6-13/h1,3-4,7,15H,2,5-6,8H2,(H,17,18). The van der Waals surface area contributed by atoms with E-state index in [0.29, 0.717) is 18.5 Å². The van der Waals surface area contributed by atoms with Crippen LogP contribution in [0.5, 0.6) is 0 Å². The van der Waals surface area contributed by atoms with E-state index in [-0.39, 0.29) is 5.56 Å². The van der Waals surface area contributed by atoms with E-state index >= 15 is 0 Å². The zero-order valence-electron chi connectivity index (χ0n) is 10.2. The van der Waals surface area contributed by atoms with E-state index in [0.717, 1.165) is 6.42 Å². The minimum atomic E-state index is -1.18. The molecule has 6 heteroatoms. The van der Waals surface area contributed by atoms with E-state index < -0.39 is 24.3 Å². The van der Waals surface area contributed by atoms with Crippen LogP contribution < -0.4 is 5.32 Å². The number of carbonyl (C=O) groups excluding carboxylic acids is 1. The lowest BCUT2D eigenvalue weighted by atomic mass is 9.76. The molecule has 0 radical (unpaired) electrons. The monoisotopic (exact) mass is 267 g/mol. The predicted octanol–water partition coefficient (Wildman–Crippen LogP) is 2.19. The maximum absolute atomic E-state index is 11.9. The summed E-state index contributed by atoms with van der Waals surface area (Å²) >= 11 is 0. The summed E-state index contributed by atoms with van der Waals surface area (Å²) in [6, 6.07) is 6.19. The van der Waals surface area contributed by atoms with Crippen LogP contribution in [0.2, 0.25) is 0 Å². The van der Waals surface area contributed by atoms with Crippen LogP contribution in [0.1, 0.15) is 29.6 Å². The molecule has 1 saturated carbocycles.